The third-order valence-corrected chi connectivity index (χ3v) is 11.8. The van der Waals surface area contributed by atoms with Crippen LogP contribution in [0.5, 0.6) is 0 Å². The molecule has 0 amide bonds. The summed E-state index contributed by atoms with van der Waals surface area (Å²) in [7, 11) is 0. The Hall–Kier alpha value is -0.916. The molecule has 0 spiro atoms. The zero-order valence-electron chi connectivity index (χ0n) is 17.2. The first-order chi connectivity index (χ1) is 12.6. The van der Waals surface area contributed by atoms with Gasteiger partial charge in [-0.05, 0) is 0 Å². The molecule has 0 radical (unpaired) electrons. The second-order valence-electron chi connectivity index (χ2n) is 7.66. The molecule has 3 heteroatoms. The molecule has 0 fully saturated rings. The van der Waals surface area contributed by atoms with Crippen LogP contribution in [0.25, 0.3) is 11.1 Å². The molecule has 4 rings (SSSR count). The van der Waals surface area contributed by atoms with Crippen molar-refractivity contribution < 1.29 is 42.2 Å². The normalized spacial score (nSPS) is 13.6. The molecule has 0 aliphatic heterocycles. The van der Waals surface area contributed by atoms with Crippen LogP contribution < -0.4 is 24.8 Å². The van der Waals surface area contributed by atoms with E-state index in [1.165, 1.54) is 41.5 Å². The fraction of sp³-hybridized carbons (Fsp3) is 0.320. The standard InChI is InChI=1S/C15H13.C5H5.C5H10.2ClH.Ti/c1-10-3-5-12-9-13-6-4-11(2)8-15(13)14(12)7-10;1-2-4-5-3-1;1-3-5-4-2;;;/h3-9H,1-2H3;1-3H,4H2;3-4H2,1-2H3;2*1H;/q;;;;;+2/p-2. The number of aryl methyl sites for hydroxylation is 2. The van der Waals surface area contributed by atoms with Crippen LogP contribution in [0.4, 0.5) is 0 Å². The fourth-order valence-electron chi connectivity index (χ4n) is 4.68. The average Bonchev–Trinajstić information content (AvgIpc) is 3.26. The molecule has 146 valence electrons. The van der Waals surface area contributed by atoms with Crippen LogP contribution in [0.15, 0.2) is 58.5 Å². The summed E-state index contributed by atoms with van der Waals surface area (Å²) in [5, 5.41) is 0. The molecule has 0 aromatic heterocycles. The quantitative estimate of drug-likeness (QED) is 0.610. The Morgan fingerprint density at radius 3 is 1.86 bits per heavy atom. The number of fused-ring (bicyclic) bond motifs is 3. The minimum Gasteiger partial charge on any atom is -1.00 e. The van der Waals surface area contributed by atoms with Crippen molar-refractivity contribution >= 4 is 3.81 Å². The van der Waals surface area contributed by atoms with Gasteiger partial charge in [0, 0.05) is 0 Å². The molecule has 2 aromatic rings. The number of hydrogen-bond acceptors (Lipinski definition) is 0. The Labute approximate surface area is 188 Å². The van der Waals surface area contributed by atoms with Gasteiger partial charge in [-0.2, -0.15) is 0 Å². The number of halogens is 2. The first-order valence-electron chi connectivity index (χ1n) is 9.93. The molecule has 2 aliphatic carbocycles. The molecule has 28 heavy (non-hydrogen) atoms. The summed E-state index contributed by atoms with van der Waals surface area (Å²) in [5.41, 5.74) is 8.93. The maximum Gasteiger partial charge on any atom is -1.00 e. The summed E-state index contributed by atoms with van der Waals surface area (Å²) in [4.78, 5) is 0. The molecule has 2 aromatic carbocycles. The Bertz CT molecular complexity index is 909. The van der Waals surface area contributed by atoms with Gasteiger partial charge < -0.3 is 24.8 Å². The predicted octanol–water partition coefficient (Wildman–Crippen LogP) is 0.836. The maximum atomic E-state index is 2.45. The van der Waals surface area contributed by atoms with Crippen molar-refractivity contribution in [3.8, 4) is 11.1 Å². The predicted molar refractivity (Wildman–Crippen MR) is 111 cm³/mol. The van der Waals surface area contributed by atoms with Gasteiger partial charge >= 0.3 is 164 Å². The van der Waals surface area contributed by atoms with Gasteiger partial charge in [0.2, 0.25) is 0 Å². The van der Waals surface area contributed by atoms with Crippen molar-refractivity contribution in [1.29, 1.82) is 0 Å². The van der Waals surface area contributed by atoms with Crippen molar-refractivity contribution in [2.75, 3.05) is 0 Å². The Kier molecular flexibility index (Phi) is 8.11. The largest absolute Gasteiger partial charge is 1.00 e. The zero-order chi connectivity index (χ0) is 18.3. The third-order valence-electron chi connectivity index (χ3n) is 5.97. The van der Waals surface area contributed by atoms with Crippen LogP contribution in [0.2, 0.25) is 0 Å². The van der Waals surface area contributed by atoms with Crippen molar-refractivity contribution in [3.05, 3.63) is 80.8 Å². The van der Waals surface area contributed by atoms with Crippen molar-refractivity contribution in [1.82, 2.24) is 0 Å². The van der Waals surface area contributed by atoms with E-state index >= 15 is 0 Å². The van der Waals surface area contributed by atoms with E-state index in [2.05, 4.69) is 82.3 Å². The van der Waals surface area contributed by atoms with Crippen LogP contribution in [-0.2, 0) is 17.4 Å². The number of hydrogen-bond donors (Lipinski definition) is 0. The Morgan fingerprint density at radius 1 is 0.893 bits per heavy atom. The summed E-state index contributed by atoms with van der Waals surface area (Å²) in [6, 6.07) is 14.3. The molecule has 0 saturated carbocycles. The van der Waals surface area contributed by atoms with Gasteiger partial charge in [-0.1, -0.05) is 0 Å². The maximum absolute atomic E-state index is 2.45. The minimum absolute atomic E-state index is 0. The Balaban J connectivity index is 0.00000140. The fourth-order valence-corrected chi connectivity index (χ4v) is 10.5. The van der Waals surface area contributed by atoms with Gasteiger partial charge in [0.25, 0.3) is 0 Å². The number of benzene rings is 2. The molecule has 0 nitrogen and oxygen atoms in total. The molecular weight excluding hydrogens is 419 g/mol. The third kappa shape index (κ3) is 4.03. The van der Waals surface area contributed by atoms with E-state index in [0.29, 0.717) is 4.22 Å². The number of rotatable bonds is 4. The van der Waals surface area contributed by atoms with Crippen LogP contribution in [0.1, 0.15) is 59.6 Å². The number of allylic oxidation sites excluding steroid dienone is 4. The molecule has 0 atom stereocenters. The summed E-state index contributed by atoms with van der Waals surface area (Å²) >= 11 is -1.60. The monoisotopic (exact) mass is 446 g/mol. The minimum atomic E-state index is -1.60. The van der Waals surface area contributed by atoms with Gasteiger partial charge in [0.05, 0.1) is 0 Å². The average molecular weight is 447 g/mol. The molecular formula is C25H28Cl2Ti. The smallest absolute Gasteiger partial charge is 1.00 e. The van der Waals surface area contributed by atoms with E-state index in [1.807, 2.05) is 3.81 Å². The van der Waals surface area contributed by atoms with E-state index in [-0.39, 0.29) is 24.8 Å². The van der Waals surface area contributed by atoms with E-state index in [1.54, 1.807) is 15.0 Å². The van der Waals surface area contributed by atoms with Gasteiger partial charge in [-0.3, -0.25) is 0 Å². The zero-order valence-corrected chi connectivity index (χ0v) is 20.2. The van der Waals surface area contributed by atoms with E-state index in [4.69, 9.17) is 0 Å². The van der Waals surface area contributed by atoms with Crippen LogP contribution in [-0.4, -0.2) is 3.81 Å². The van der Waals surface area contributed by atoms with Crippen LogP contribution in [0.3, 0.4) is 0 Å². The summed E-state index contributed by atoms with van der Waals surface area (Å²) < 4.78 is 4.24. The van der Waals surface area contributed by atoms with Crippen molar-refractivity contribution in [2.45, 2.75) is 51.2 Å². The summed E-state index contributed by atoms with van der Waals surface area (Å²) in [5.74, 6) is 0. The van der Waals surface area contributed by atoms with Crippen molar-refractivity contribution in [3.63, 3.8) is 0 Å². The molecule has 0 unspecified atom stereocenters. The topological polar surface area (TPSA) is 0 Å². The molecule has 2 aliphatic rings. The second kappa shape index (κ2) is 9.72. The molecule has 0 bridgehead atoms. The van der Waals surface area contributed by atoms with Gasteiger partial charge in [0.15, 0.2) is 0 Å². The first-order valence-corrected chi connectivity index (χ1v) is 12.4. The van der Waals surface area contributed by atoms with Gasteiger partial charge in [-0.15, -0.1) is 0 Å². The van der Waals surface area contributed by atoms with E-state index in [0.717, 1.165) is 0 Å². The second-order valence-corrected chi connectivity index (χ2v) is 12.0. The summed E-state index contributed by atoms with van der Waals surface area (Å²) in [6.45, 7) is 9.18. The molecule has 0 heterocycles. The van der Waals surface area contributed by atoms with E-state index in [9.17, 15) is 0 Å². The van der Waals surface area contributed by atoms with Gasteiger partial charge in [0.1, 0.15) is 0 Å². The molecule has 0 saturated heterocycles. The summed E-state index contributed by atoms with van der Waals surface area (Å²) in [6.07, 6.45) is 10.7. The van der Waals surface area contributed by atoms with Crippen LogP contribution in [0, 0.1) is 13.8 Å². The van der Waals surface area contributed by atoms with Crippen molar-refractivity contribution in [2.24, 2.45) is 0 Å². The first kappa shape index (κ1) is 23.4. The van der Waals surface area contributed by atoms with E-state index < -0.39 is 17.4 Å². The van der Waals surface area contributed by atoms with Gasteiger partial charge in [-0.25, -0.2) is 0 Å². The van der Waals surface area contributed by atoms with Crippen LogP contribution >= 0.6 is 0 Å². The SMILES string of the molecule is CC[C](CC)=[Ti+2]([C]1=CC=CC1)[CH]1c2ccc(C)cc2-c2cc(C)ccc21.[Cl-].[Cl-]. The Morgan fingerprint density at radius 2 is 1.43 bits per heavy atom. The molecule has 0 N–H and O–H groups in total.